The summed E-state index contributed by atoms with van der Waals surface area (Å²) in [4.78, 5) is 4.18. The van der Waals surface area contributed by atoms with E-state index in [0.717, 1.165) is 18.2 Å². The Balaban J connectivity index is 0.00000392. The predicted octanol–water partition coefficient (Wildman–Crippen LogP) is 3.22. The van der Waals surface area contributed by atoms with Gasteiger partial charge in [-0.2, -0.15) is 0 Å². The first-order chi connectivity index (χ1) is 13.0. The van der Waals surface area contributed by atoms with E-state index in [-0.39, 0.29) is 55.1 Å². The number of hydrogen-bond acceptors (Lipinski definition) is 3. The van der Waals surface area contributed by atoms with Crippen LogP contribution in [0.3, 0.4) is 0 Å². The zero-order valence-corrected chi connectivity index (χ0v) is 17.6. The fraction of sp³-hybridized carbons (Fsp3) is 0.316. The third-order valence-electron chi connectivity index (χ3n) is 3.52. The molecule has 0 aliphatic heterocycles. The molecule has 0 aliphatic carbocycles. The molecule has 2 rings (SSSR count). The summed E-state index contributed by atoms with van der Waals surface area (Å²) >= 11 is 0. The van der Waals surface area contributed by atoms with Crippen molar-refractivity contribution in [3.63, 3.8) is 0 Å². The average molecular weight is 509 g/mol. The van der Waals surface area contributed by atoms with Crippen LogP contribution in [0.1, 0.15) is 12.5 Å². The summed E-state index contributed by atoms with van der Waals surface area (Å²) in [5.74, 6) is -0.651. The molecule has 0 amide bonds. The predicted molar refractivity (Wildman–Crippen MR) is 112 cm³/mol. The molecule has 2 aromatic carbocycles. The van der Waals surface area contributed by atoms with E-state index >= 15 is 0 Å². The third kappa shape index (κ3) is 8.34. The van der Waals surface area contributed by atoms with Crippen molar-refractivity contribution in [3.8, 4) is 5.75 Å². The molecule has 5 nitrogen and oxygen atoms in total. The molecule has 0 fully saturated rings. The maximum Gasteiger partial charge on any atom is 0.191 e. The number of aliphatic imine (C=N–C) groups is 1. The first-order valence-corrected chi connectivity index (χ1v) is 8.50. The molecule has 0 saturated carbocycles. The number of ether oxygens (including phenoxy) is 1. The highest BCUT2D eigenvalue weighted by molar-refractivity contribution is 14.0. The largest absolute Gasteiger partial charge is 0.491 e. The van der Waals surface area contributed by atoms with Crippen LogP contribution in [0.4, 0.5) is 13.2 Å². The van der Waals surface area contributed by atoms with Gasteiger partial charge in [-0.15, -0.1) is 24.0 Å². The lowest BCUT2D eigenvalue weighted by Crippen LogP contribution is -2.42. The Kier molecular flexibility index (Phi) is 10.7. The van der Waals surface area contributed by atoms with Gasteiger partial charge >= 0.3 is 0 Å². The molecular formula is C19H23F3IN3O2. The van der Waals surface area contributed by atoms with E-state index in [1.165, 1.54) is 24.3 Å². The van der Waals surface area contributed by atoms with Crippen molar-refractivity contribution in [2.24, 2.45) is 4.99 Å². The number of nitrogens with one attached hydrogen (secondary N) is 2. The summed E-state index contributed by atoms with van der Waals surface area (Å²) in [6.07, 6.45) is -0.857. The first kappa shape index (κ1) is 24.0. The third-order valence-corrected chi connectivity index (χ3v) is 3.52. The Morgan fingerprint density at radius 1 is 1.07 bits per heavy atom. The number of rotatable bonds is 8. The minimum atomic E-state index is -0.857. The lowest BCUT2D eigenvalue weighted by atomic mass is 10.2. The second-order valence-corrected chi connectivity index (χ2v) is 5.73. The molecular weight excluding hydrogens is 486 g/mol. The lowest BCUT2D eigenvalue weighted by Gasteiger charge is -2.16. The van der Waals surface area contributed by atoms with Gasteiger partial charge in [0.2, 0.25) is 0 Å². The zero-order valence-electron chi connectivity index (χ0n) is 15.3. The van der Waals surface area contributed by atoms with Crippen LogP contribution in [0.25, 0.3) is 0 Å². The highest BCUT2D eigenvalue weighted by Gasteiger charge is 2.08. The van der Waals surface area contributed by atoms with Gasteiger partial charge < -0.3 is 20.5 Å². The smallest absolute Gasteiger partial charge is 0.191 e. The lowest BCUT2D eigenvalue weighted by molar-refractivity contribution is 0.110. The standard InChI is InChI=1S/C19H22F3N3O2.HI/c1-2-23-19(24-10-13-9-15(21)5-8-18(13)22)25-11-16(26)12-27-17-6-3-14(20)4-7-17;/h3-9,16,26H,2,10-12H2,1H3,(H2,23,24,25);1H. The van der Waals surface area contributed by atoms with Crippen LogP contribution >= 0.6 is 24.0 Å². The van der Waals surface area contributed by atoms with Crippen LogP contribution in [0.15, 0.2) is 47.5 Å². The maximum atomic E-state index is 13.6. The molecule has 1 unspecified atom stereocenters. The van der Waals surface area contributed by atoms with Crippen molar-refractivity contribution in [3.05, 3.63) is 65.5 Å². The van der Waals surface area contributed by atoms with E-state index in [0.29, 0.717) is 18.3 Å². The van der Waals surface area contributed by atoms with Gasteiger partial charge in [-0.25, -0.2) is 18.2 Å². The number of aliphatic hydroxyl groups is 1. The molecule has 0 bridgehead atoms. The summed E-state index contributed by atoms with van der Waals surface area (Å²) in [5.41, 5.74) is 0.132. The number of halogens is 4. The zero-order chi connectivity index (χ0) is 19.6. The number of nitrogens with zero attached hydrogens (tertiary/aromatic N) is 1. The van der Waals surface area contributed by atoms with Gasteiger partial charge in [-0.1, -0.05) is 0 Å². The molecule has 154 valence electrons. The minimum Gasteiger partial charge on any atom is -0.491 e. The van der Waals surface area contributed by atoms with Crippen molar-refractivity contribution >= 4 is 29.9 Å². The van der Waals surface area contributed by atoms with Crippen molar-refractivity contribution in [2.45, 2.75) is 19.6 Å². The van der Waals surface area contributed by atoms with Crippen LogP contribution in [0.2, 0.25) is 0 Å². The van der Waals surface area contributed by atoms with Gasteiger partial charge in [0.1, 0.15) is 35.9 Å². The number of guanidine groups is 1. The molecule has 28 heavy (non-hydrogen) atoms. The van der Waals surface area contributed by atoms with E-state index < -0.39 is 17.7 Å². The molecule has 0 heterocycles. The second-order valence-electron chi connectivity index (χ2n) is 5.73. The van der Waals surface area contributed by atoms with E-state index in [1.807, 2.05) is 6.92 Å². The summed E-state index contributed by atoms with van der Waals surface area (Å²) in [5, 5.41) is 15.8. The Labute approximate surface area is 179 Å². The summed E-state index contributed by atoms with van der Waals surface area (Å²) in [6, 6.07) is 8.65. The van der Waals surface area contributed by atoms with Crippen molar-refractivity contribution < 1.29 is 23.0 Å². The molecule has 2 aromatic rings. The molecule has 0 aromatic heterocycles. The molecule has 1 atom stereocenters. The fourth-order valence-electron chi connectivity index (χ4n) is 2.17. The van der Waals surface area contributed by atoms with Crippen molar-refractivity contribution in [1.82, 2.24) is 10.6 Å². The molecule has 0 radical (unpaired) electrons. The van der Waals surface area contributed by atoms with Crippen molar-refractivity contribution in [1.29, 1.82) is 0 Å². The van der Waals surface area contributed by atoms with Gasteiger partial charge in [-0.3, -0.25) is 0 Å². The van der Waals surface area contributed by atoms with Gasteiger partial charge in [0, 0.05) is 18.7 Å². The molecule has 0 saturated heterocycles. The number of benzene rings is 2. The van der Waals surface area contributed by atoms with Crippen LogP contribution in [-0.4, -0.2) is 36.9 Å². The second kappa shape index (κ2) is 12.4. The maximum absolute atomic E-state index is 13.6. The average Bonchev–Trinajstić information content (AvgIpc) is 2.66. The topological polar surface area (TPSA) is 65.9 Å². The normalized spacial score (nSPS) is 12.1. The monoisotopic (exact) mass is 509 g/mol. The van der Waals surface area contributed by atoms with E-state index in [2.05, 4.69) is 15.6 Å². The van der Waals surface area contributed by atoms with E-state index in [9.17, 15) is 18.3 Å². The summed E-state index contributed by atoms with van der Waals surface area (Å²) in [7, 11) is 0. The van der Waals surface area contributed by atoms with Crippen LogP contribution < -0.4 is 15.4 Å². The van der Waals surface area contributed by atoms with Gasteiger partial charge in [0.05, 0.1) is 6.54 Å². The Bertz CT molecular complexity index is 761. The van der Waals surface area contributed by atoms with Crippen LogP contribution in [0, 0.1) is 17.5 Å². The van der Waals surface area contributed by atoms with Gasteiger partial charge in [0.15, 0.2) is 5.96 Å². The Morgan fingerprint density at radius 2 is 1.75 bits per heavy atom. The highest BCUT2D eigenvalue weighted by atomic mass is 127. The molecule has 0 spiro atoms. The quantitative estimate of drug-likeness (QED) is 0.291. The van der Waals surface area contributed by atoms with Crippen molar-refractivity contribution in [2.75, 3.05) is 19.7 Å². The SMILES string of the molecule is CCNC(=NCc1cc(F)ccc1F)NCC(O)COc1ccc(F)cc1.I. The summed E-state index contributed by atoms with van der Waals surface area (Å²) in [6.45, 7) is 2.48. The molecule has 3 N–H and O–H groups in total. The number of aliphatic hydroxyl groups excluding tert-OH is 1. The minimum absolute atomic E-state index is 0. The first-order valence-electron chi connectivity index (χ1n) is 8.50. The van der Waals surface area contributed by atoms with Crippen LogP contribution in [0.5, 0.6) is 5.75 Å². The molecule has 9 heteroatoms. The van der Waals surface area contributed by atoms with E-state index in [4.69, 9.17) is 4.74 Å². The summed E-state index contributed by atoms with van der Waals surface area (Å²) < 4.78 is 45.1. The Morgan fingerprint density at radius 3 is 2.43 bits per heavy atom. The Hall–Kier alpha value is -2.01. The van der Waals surface area contributed by atoms with Gasteiger partial charge in [0.25, 0.3) is 0 Å². The number of hydrogen-bond donors (Lipinski definition) is 3. The fourth-order valence-corrected chi connectivity index (χ4v) is 2.17. The van der Waals surface area contributed by atoms with Gasteiger partial charge in [-0.05, 0) is 49.4 Å². The highest BCUT2D eigenvalue weighted by Crippen LogP contribution is 2.12. The van der Waals surface area contributed by atoms with Crippen LogP contribution in [-0.2, 0) is 6.54 Å². The molecule has 0 aliphatic rings. The van der Waals surface area contributed by atoms with E-state index in [1.54, 1.807) is 0 Å².